The largest absolute Gasteiger partial charge is 0.352 e. The van der Waals surface area contributed by atoms with Gasteiger partial charge in [0, 0.05) is 38.6 Å². The molecular formula is C14H15N7S. The number of hydrogen-bond donors (Lipinski definition) is 0. The molecule has 0 atom stereocenters. The zero-order chi connectivity index (χ0) is 15.4. The van der Waals surface area contributed by atoms with E-state index in [1.165, 1.54) is 11.8 Å². The van der Waals surface area contributed by atoms with Gasteiger partial charge in [-0.2, -0.15) is 5.26 Å². The van der Waals surface area contributed by atoms with Crippen LogP contribution in [0.25, 0.3) is 0 Å². The fraction of sp³-hybridized carbons (Fsp3) is 0.357. The lowest BCUT2D eigenvalue weighted by atomic mass is 10.2. The summed E-state index contributed by atoms with van der Waals surface area (Å²) in [6.45, 7) is 3.15. The molecule has 0 N–H and O–H groups in total. The predicted molar refractivity (Wildman–Crippen MR) is 85.0 cm³/mol. The van der Waals surface area contributed by atoms with Gasteiger partial charge in [-0.15, -0.1) is 0 Å². The number of hydrogen-bond acceptors (Lipinski definition) is 8. The van der Waals surface area contributed by atoms with Gasteiger partial charge in [0.2, 0.25) is 5.95 Å². The van der Waals surface area contributed by atoms with Crippen LogP contribution in [0.15, 0.2) is 29.8 Å². The van der Waals surface area contributed by atoms with Gasteiger partial charge in [0.15, 0.2) is 11.0 Å². The summed E-state index contributed by atoms with van der Waals surface area (Å²) in [5, 5.41) is 9.93. The third-order valence-corrected chi connectivity index (χ3v) is 4.03. The van der Waals surface area contributed by atoms with Crippen LogP contribution in [0.5, 0.6) is 0 Å². The molecule has 112 valence electrons. The summed E-state index contributed by atoms with van der Waals surface area (Å²) in [5.41, 5.74) is 0.516. The lowest BCUT2D eigenvalue weighted by molar-refractivity contribution is 0.630. The lowest BCUT2D eigenvalue weighted by Gasteiger charge is -2.35. The van der Waals surface area contributed by atoms with Gasteiger partial charge in [-0.1, -0.05) is 11.8 Å². The molecule has 7 nitrogen and oxygen atoms in total. The standard InChI is InChI=1S/C14H15N7S/c1-22-14-18-10-11(9-15)12(19-14)20-5-7-21(8-6-20)13-16-3-2-4-17-13/h2-4,10H,5-8H2,1H3. The van der Waals surface area contributed by atoms with E-state index in [0.717, 1.165) is 37.9 Å². The van der Waals surface area contributed by atoms with Crippen molar-refractivity contribution in [1.29, 1.82) is 5.26 Å². The van der Waals surface area contributed by atoms with Crippen LogP contribution in [0.3, 0.4) is 0 Å². The summed E-state index contributed by atoms with van der Waals surface area (Å²) in [7, 11) is 0. The molecule has 2 aromatic heterocycles. The van der Waals surface area contributed by atoms with E-state index in [-0.39, 0.29) is 0 Å². The number of rotatable bonds is 3. The molecule has 0 saturated carbocycles. The van der Waals surface area contributed by atoms with E-state index in [1.54, 1.807) is 18.6 Å². The number of aromatic nitrogens is 4. The van der Waals surface area contributed by atoms with Crippen molar-refractivity contribution in [2.24, 2.45) is 0 Å². The first-order chi connectivity index (χ1) is 10.8. The first-order valence-corrected chi connectivity index (χ1v) is 8.12. The van der Waals surface area contributed by atoms with E-state index in [2.05, 4.69) is 35.8 Å². The SMILES string of the molecule is CSc1ncc(C#N)c(N2CCN(c3ncccn3)CC2)n1. The molecule has 0 aliphatic carbocycles. The normalized spacial score (nSPS) is 14.7. The van der Waals surface area contributed by atoms with Crippen LogP contribution in [0, 0.1) is 11.3 Å². The molecule has 0 spiro atoms. The average molecular weight is 313 g/mol. The van der Waals surface area contributed by atoms with Gasteiger partial charge in [0.1, 0.15) is 11.6 Å². The van der Waals surface area contributed by atoms with Crippen molar-refractivity contribution in [3.63, 3.8) is 0 Å². The van der Waals surface area contributed by atoms with E-state index < -0.39 is 0 Å². The van der Waals surface area contributed by atoms with Crippen LogP contribution < -0.4 is 9.80 Å². The molecule has 0 bridgehead atoms. The zero-order valence-electron chi connectivity index (χ0n) is 12.2. The number of thioether (sulfide) groups is 1. The fourth-order valence-corrected chi connectivity index (χ4v) is 2.68. The minimum absolute atomic E-state index is 0.516. The van der Waals surface area contributed by atoms with Gasteiger partial charge in [0.25, 0.3) is 0 Å². The van der Waals surface area contributed by atoms with Crippen LogP contribution in [-0.2, 0) is 0 Å². The van der Waals surface area contributed by atoms with Gasteiger partial charge in [0.05, 0.1) is 6.20 Å². The monoisotopic (exact) mass is 313 g/mol. The molecule has 3 rings (SSSR count). The Morgan fingerprint density at radius 2 is 1.77 bits per heavy atom. The highest BCUT2D eigenvalue weighted by atomic mass is 32.2. The molecule has 0 unspecified atom stereocenters. The maximum Gasteiger partial charge on any atom is 0.225 e. The van der Waals surface area contributed by atoms with Crippen LogP contribution >= 0.6 is 11.8 Å². The fourth-order valence-electron chi connectivity index (χ4n) is 2.35. The maximum absolute atomic E-state index is 9.25. The summed E-state index contributed by atoms with van der Waals surface area (Å²) < 4.78 is 0. The molecule has 1 fully saturated rings. The van der Waals surface area contributed by atoms with E-state index in [4.69, 9.17) is 0 Å². The van der Waals surface area contributed by atoms with Gasteiger partial charge >= 0.3 is 0 Å². The second-order valence-electron chi connectivity index (χ2n) is 4.73. The Morgan fingerprint density at radius 3 is 2.41 bits per heavy atom. The average Bonchev–Trinajstić information content (AvgIpc) is 2.62. The smallest absolute Gasteiger partial charge is 0.225 e. The van der Waals surface area contributed by atoms with E-state index in [1.807, 2.05) is 12.3 Å². The predicted octanol–water partition coefficient (Wildman–Crippen LogP) is 1.19. The summed E-state index contributed by atoms with van der Waals surface area (Å²) in [6.07, 6.45) is 7.02. The topological polar surface area (TPSA) is 81.8 Å². The number of nitriles is 1. The summed E-state index contributed by atoms with van der Waals surface area (Å²) in [6, 6.07) is 3.98. The number of piperazine rings is 1. The summed E-state index contributed by atoms with van der Waals surface area (Å²) in [5.74, 6) is 1.46. The minimum atomic E-state index is 0.516. The molecule has 0 aromatic carbocycles. The molecule has 3 heterocycles. The molecule has 8 heteroatoms. The Labute approximate surface area is 133 Å². The van der Waals surface area contributed by atoms with Crippen molar-refractivity contribution < 1.29 is 0 Å². The molecule has 0 amide bonds. The molecule has 1 aliphatic heterocycles. The van der Waals surface area contributed by atoms with Crippen molar-refractivity contribution in [3.05, 3.63) is 30.2 Å². The quantitative estimate of drug-likeness (QED) is 0.617. The Kier molecular flexibility index (Phi) is 4.34. The van der Waals surface area contributed by atoms with Crippen LogP contribution in [0.2, 0.25) is 0 Å². The van der Waals surface area contributed by atoms with Gasteiger partial charge in [-0.3, -0.25) is 0 Å². The maximum atomic E-state index is 9.25. The van der Waals surface area contributed by atoms with Crippen molar-refractivity contribution in [3.8, 4) is 6.07 Å². The van der Waals surface area contributed by atoms with E-state index in [9.17, 15) is 5.26 Å². The summed E-state index contributed by atoms with van der Waals surface area (Å²) in [4.78, 5) is 21.5. The van der Waals surface area contributed by atoms with Gasteiger partial charge in [-0.25, -0.2) is 19.9 Å². The molecular weight excluding hydrogens is 298 g/mol. The van der Waals surface area contributed by atoms with Gasteiger partial charge in [-0.05, 0) is 12.3 Å². The Morgan fingerprint density at radius 1 is 1.09 bits per heavy atom. The first-order valence-electron chi connectivity index (χ1n) is 6.90. The second kappa shape index (κ2) is 6.58. The Balaban J connectivity index is 1.75. The van der Waals surface area contributed by atoms with Crippen molar-refractivity contribution in [2.45, 2.75) is 5.16 Å². The number of nitrogens with zero attached hydrogens (tertiary/aromatic N) is 7. The van der Waals surface area contributed by atoms with Crippen molar-refractivity contribution in [2.75, 3.05) is 42.2 Å². The van der Waals surface area contributed by atoms with E-state index in [0.29, 0.717) is 10.7 Å². The second-order valence-corrected chi connectivity index (χ2v) is 5.50. The highest BCUT2D eigenvalue weighted by molar-refractivity contribution is 7.98. The highest BCUT2D eigenvalue weighted by Gasteiger charge is 2.22. The minimum Gasteiger partial charge on any atom is -0.352 e. The molecule has 22 heavy (non-hydrogen) atoms. The molecule has 1 saturated heterocycles. The number of anilines is 2. The Hall–Kier alpha value is -2.40. The third-order valence-electron chi connectivity index (χ3n) is 3.46. The molecule has 1 aliphatic rings. The van der Waals surface area contributed by atoms with E-state index >= 15 is 0 Å². The zero-order valence-corrected chi connectivity index (χ0v) is 13.0. The third kappa shape index (κ3) is 2.94. The van der Waals surface area contributed by atoms with Crippen molar-refractivity contribution >= 4 is 23.5 Å². The summed E-state index contributed by atoms with van der Waals surface area (Å²) >= 11 is 1.47. The molecule has 0 radical (unpaired) electrons. The molecule has 2 aromatic rings. The lowest BCUT2D eigenvalue weighted by Crippen LogP contribution is -2.47. The van der Waals surface area contributed by atoms with Crippen LogP contribution in [-0.4, -0.2) is 52.4 Å². The van der Waals surface area contributed by atoms with Crippen LogP contribution in [0.1, 0.15) is 5.56 Å². The van der Waals surface area contributed by atoms with Crippen LogP contribution in [0.4, 0.5) is 11.8 Å². The van der Waals surface area contributed by atoms with Gasteiger partial charge < -0.3 is 9.80 Å². The first kappa shape index (κ1) is 14.5. The highest BCUT2D eigenvalue weighted by Crippen LogP contribution is 2.22. The van der Waals surface area contributed by atoms with Crippen molar-refractivity contribution in [1.82, 2.24) is 19.9 Å². The Bertz CT molecular complexity index is 677.